The van der Waals surface area contributed by atoms with Crippen LogP contribution in [0.25, 0.3) is 16.9 Å². The lowest BCUT2D eigenvalue weighted by Gasteiger charge is -2.07. The van der Waals surface area contributed by atoms with Crippen molar-refractivity contribution < 1.29 is 0 Å². The van der Waals surface area contributed by atoms with Gasteiger partial charge in [-0.1, -0.05) is 43.7 Å². The first-order chi connectivity index (χ1) is 13.3. The Hall–Kier alpha value is -3.21. The molecular weight excluding hydrogens is 334 g/mol. The fraction of sp³-hybridized carbons (Fsp3) is 0.227. The Morgan fingerprint density at radius 1 is 0.926 bits per heavy atom. The number of pyridine rings is 1. The number of aryl methyl sites for hydroxylation is 1. The molecule has 1 N–H and O–H groups in total. The van der Waals surface area contributed by atoms with Gasteiger partial charge in [0.25, 0.3) is 0 Å². The van der Waals surface area contributed by atoms with Crippen molar-refractivity contribution in [1.82, 2.24) is 19.6 Å². The maximum atomic E-state index is 4.68. The maximum Gasteiger partial charge on any atom is 0.154 e. The fourth-order valence-electron chi connectivity index (χ4n) is 2.78. The third-order valence-electron chi connectivity index (χ3n) is 4.18. The van der Waals surface area contributed by atoms with Gasteiger partial charge < -0.3 is 5.32 Å². The molecule has 0 saturated carbocycles. The smallest absolute Gasteiger partial charge is 0.154 e. The first kappa shape index (κ1) is 18.6. The minimum atomic E-state index is 0.830. The Kier molecular flexibility index (Phi) is 6.15. The molecule has 1 aromatic carbocycles. The van der Waals surface area contributed by atoms with Crippen molar-refractivity contribution in [1.29, 1.82) is 0 Å². The van der Waals surface area contributed by atoms with Crippen molar-refractivity contribution in [3.05, 3.63) is 78.2 Å². The quantitative estimate of drug-likeness (QED) is 0.557. The van der Waals surface area contributed by atoms with Crippen molar-refractivity contribution in [3.63, 3.8) is 0 Å². The van der Waals surface area contributed by atoms with Crippen LogP contribution < -0.4 is 5.32 Å². The van der Waals surface area contributed by atoms with Crippen LogP contribution in [0.5, 0.6) is 0 Å². The van der Waals surface area contributed by atoms with Crippen molar-refractivity contribution in [3.8, 4) is 11.3 Å². The number of hydrogen-bond acceptors (Lipinski definition) is 4. The summed E-state index contributed by atoms with van der Waals surface area (Å²) < 4.78 is 1.86. The molecule has 0 spiro atoms. The maximum absolute atomic E-state index is 4.68. The standard InChI is InChI=1S/C20H19N5.C2H6/c1-15-2-4-16(5-3-15)8-13-22-19-6-7-20-23-14-18(25(20)24-19)17-9-11-21-12-10-17;1-2/h2-7,9-12,14H,8,13H2,1H3,(H,22,24);1-2H3. The van der Waals surface area contributed by atoms with E-state index in [1.54, 1.807) is 12.4 Å². The first-order valence-electron chi connectivity index (χ1n) is 9.34. The van der Waals surface area contributed by atoms with Gasteiger partial charge in [-0.3, -0.25) is 4.98 Å². The van der Waals surface area contributed by atoms with E-state index in [1.165, 1.54) is 11.1 Å². The van der Waals surface area contributed by atoms with Crippen LogP contribution in [0, 0.1) is 6.92 Å². The molecule has 3 heterocycles. The second kappa shape index (κ2) is 8.94. The molecule has 0 amide bonds. The van der Waals surface area contributed by atoms with E-state index >= 15 is 0 Å². The predicted molar refractivity (Wildman–Crippen MR) is 111 cm³/mol. The van der Waals surface area contributed by atoms with E-state index < -0.39 is 0 Å². The van der Waals surface area contributed by atoms with Crippen LogP contribution in [0.15, 0.2) is 67.1 Å². The van der Waals surface area contributed by atoms with Gasteiger partial charge in [-0.25, -0.2) is 9.50 Å². The Morgan fingerprint density at radius 2 is 1.67 bits per heavy atom. The van der Waals surface area contributed by atoms with E-state index in [0.29, 0.717) is 0 Å². The molecule has 0 atom stereocenters. The number of hydrogen-bond donors (Lipinski definition) is 1. The van der Waals surface area contributed by atoms with Crippen LogP contribution >= 0.6 is 0 Å². The molecule has 4 aromatic rings. The van der Waals surface area contributed by atoms with Crippen LogP contribution in [-0.4, -0.2) is 26.1 Å². The molecule has 5 nitrogen and oxygen atoms in total. The number of fused-ring (bicyclic) bond motifs is 1. The average molecular weight is 359 g/mol. The van der Waals surface area contributed by atoms with E-state index in [2.05, 4.69) is 51.6 Å². The topological polar surface area (TPSA) is 55.1 Å². The molecule has 0 saturated heterocycles. The number of anilines is 1. The molecule has 138 valence electrons. The van der Waals surface area contributed by atoms with Crippen LogP contribution in [-0.2, 0) is 6.42 Å². The third kappa shape index (κ3) is 4.50. The summed E-state index contributed by atoms with van der Waals surface area (Å²) in [6.07, 6.45) is 6.35. The molecule has 4 rings (SSSR count). The average Bonchev–Trinajstić information content (AvgIpc) is 3.15. The van der Waals surface area contributed by atoms with Crippen LogP contribution in [0.4, 0.5) is 5.82 Å². The van der Waals surface area contributed by atoms with E-state index in [4.69, 9.17) is 0 Å². The van der Waals surface area contributed by atoms with Crippen LogP contribution in [0.3, 0.4) is 0 Å². The molecule has 0 aliphatic heterocycles. The number of aromatic nitrogens is 4. The summed E-state index contributed by atoms with van der Waals surface area (Å²) in [4.78, 5) is 8.49. The summed E-state index contributed by atoms with van der Waals surface area (Å²) in [6, 6.07) is 16.5. The largest absolute Gasteiger partial charge is 0.368 e. The lowest BCUT2D eigenvalue weighted by atomic mass is 10.1. The summed E-state index contributed by atoms with van der Waals surface area (Å²) in [5, 5.41) is 8.08. The highest BCUT2D eigenvalue weighted by Gasteiger charge is 2.07. The number of rotatable bonds is 5. The first-order valence-corrected chi connectivity index (χ1v) is 9.34. The highest BCUT2D eigenvalue weighted by Crippen LogP contribution is 2.19. The van der Waals surface area contributed by atoms with Crippen molar-refractivity contribution >= 4 is 11.5 Å². The molecule has 3 aromatic heterocycles. The third-order valence-corrected chi connectivity index (χ3v) is 4.18. The lowest BCUT2D eigenvalue weighted by Crippen LogP contribution is -2.08. The van der Waals surface area contributed by atoms with Gasteiger partial charge in [0.2, 0.25) is 0 Å². The highest BCUT2D eigenvalue weighted by atomic mass is 15.3. The Morgan fingerprint density at radius 3 is 2.41 bits per heavy atom. The lowest BCUT2D eigenvalue weighted by molar-refractivity contribution is 0.920. The van der Waals surface area contributed by atoms with E-state index in [-0.39, 0.29) is 0 Å². The molecule has 0 bridgehead atoms. The number of imidazole rings is 1. The summed E-state index contributed by atoms with van der Waals surface area (Å²) in [6.45, 7) is 6.94. The molecule has 0 aliphatic carbocycles. The minimum Gasteiger partial charge on any atom is -0.368 e. The van der Waals surface area contributed by atoms with Crippen molar-refractivity contribution in [2.24, 2.45) is 0 Å². The summed E-state index contributed by atoms with van der Waals surface area (Å²) in [5.41, 5.74) is 5.44. The highest BCUT2D eigenvalue weighted by molar-refractivity contribution is 5.63. The van der Waals surface area contributed by atoms with Gasteiger partial charge >= 0.3 is 0 Å². The van der Waals surface area contributed by atoms with Gasteiger partial charge in [0, 0.05) is 24.5 Å². The van der Waals surface area contributed by atoms with E-state index in [9.17, 15) is 0 Å². The van der Waals surface area contributed by atoms with Crippen molar-refractivity contribution in [2.75, 3.05) is 11.9 Å². The molecular formula is C22H25N5. The fourth-order valence-corrected chi connectivity index (χ4v) is 2.78. The summed E-state index contributed by atoms with van der Waals surface area (Å²) >= 11 is 0. The van der Waals surface area contributed by atoms with Gasteiger partial charge in [0.05, 0.1) is 11.9 Å². The summed E-state index contributed by atoms with van der Waals surface area (Å²) in [5.74, 6) is 0.841. The zero-order valence-electron chi connectivity index (χ0n) is 16.1. The van der Waals surface area contributed by atoms with Gasteiger partial charge in [-0.2, -0.15) is 0 Å². The van der Waals surface area contributed by atoms with E-state index in [0.717, 1.165) is 35.7 Å². The van der Waals surface area contributed by atoms with Crippen LogP contribution in [0.2, 0.25) is 0 Å². The Bertz CT molecular complexity index is 975. The zero-order chi connectivity index (χ0) is 19.1. The summed E-state index contributed by atoms with van der Waals surface area (Å²) in [7, 11) is 0. The molecule has 27 heavy (non-hydrogen) atoms. The van der Waals surface area contributed by atoms with Crippen molar-refractivity contribution in [2.45, 2.75) is 27.2 Å². The SMILES string of the molecule is CC.Cc1ccc(CCNc2ccc3ncc(-c4ccncc4)n3n2)cc1. The molecule has 0 aliphatic rings. The number of nitrogens with zero attached hydrogens (tertiary/aromatic N) is 4. The molecule has 0 fully saturated rings. The second-order valence-electron chi connectivity index (χ2n) is 6.03. The van der Waals surface area contributed by atoms with Gasteiger partial charge in [0.1, 0.15) is 5.82 Å². The second-order valence-corrected chi connectivity index (χ2v) is 6.03. The number of benzene rings is 1. The van der Waals surface area contributed by atoms with Gasteiger partial charge in [0.15, 0.2) is 5.65 Å². The minimum absolute atomic E-state index is 0.830. The van der Waals surface area contributed by atoms with E-state index in [1.807, 2.05) is 48.8 Å². The Balaban J connectivity index is 0.00000102. The number of nitrogens with one attached hydrogen (secondary N) is 1. The van der Waals surface area contributed by atoms with Gasteiger partial charge in [-0.15, -0.1) is 5.10 Å². The van der Waals surface area contributed by atoms with Gasteiger partial charge in [-0.05, 0) is 43.2 Å². The zero-order valence-corrected chi connectivity index (χ0v) is 16.1. The molecule has 0 unspecified atom stereocenters. The Labute approximate surface area is 160 Å². The molecule has 0 radical (unpaired) electrons. The normalized spacial score (nSPS) is 10.3. The monoisotopic (exact) mass is 359 g/mol. The predicted octanol–water partition coefficient (Wildman–Crippen LogP) is 4.78. The molecule has 5 heteroatoms. The van der Waals surface area contributed by atoms with Crippen LogP contribution in [0.1, 0.15) is 25.0 Å².